The Kier molecular flexibility index (Phi) is 6.36. The topological polar surface area (TPSA) is 75.2 Å². The number of fused-ring (bicyclic) bond motifs is 1. The molecule has 5 nitrogen and oxygen atoms in total. The summed E-state index contributed by atoms with van der Waals surface area (Å²) in [5, 5.41) is 16.9. The number of nitrogens with zero attached hydrogens (tertiary/aromatic N) is 1. The second-order valence-corrected chi connectivity index (χ2v) is 7.52. The van der Waals surface area contributed by atoms with Gasteiger partial charge in [-0.25, -0.2) is 9.18 Å². The molecule has 0 aliphatic heterocycles. The summed E-state index contributed by atoms with van der Waals surface area (Å²) in [6.45, 7) is 2.00. The van der Waals surface area contributed by atoms with Crippen LogP contribution in [0.5, 0.6) is 5.75 Å². The molecule has 1 aromatic heterocycles. The summed E-state index contributed by atoms with van der Waals surface area (Å²) in [6, 6.07) is 18.4. The van der Waals surface area contributed by atoms with Gasteiger partial charge in [-0.3, -0.25) is 5.10 Å². The fraction of sp³-hybridized carbons (Fsp3) is 0.111. The van der Waals surface area contributed by atoms with Crippen molar-refractivity contribution in [1.82, 2.24) is 10.2 Å². The summed E-state index contributed by atoms with van der Waals surface area (Å²) >= 11 is 0. The largest absolute Gasteiger partial charge is 0.497 e. The number of benzene rings is 3. The van der Waals surface area contributed by atoms with Gasteiger partial charge in [0, 0.05) is 23.1 Å². The lowest BCUT2D eigenvalue weighted by Gasteiger charge is -2.17. The number of hydrogen-bond donors (Lipinski definition) is 2. The molecule has 0 aliphatic rings. The Hall–Kier alpha value is -4.19. The first kappa shape index (κ1) is 22.0. The van der Waals surface area contributed by atoms with Crippen LogP contribution in [0, 0.1) is 5.82 Å². The summed E-state index contributed by atoms with van der Waals surface area (Å²) in [5.74, 6) is -0.895. The van der Waals surface area contributed by atoms with Crippen molar-refractivity contribution in [1.29, 1.82) is 0 Å². The van der Waals surface area contributed by atoms with E-state index in [0.29, 0.717) is 17.7 Å². The van der Waals surface area contributed by atoms with Crippen LogP contribution in [-0.4, -0.2) is 28.4 Å². The minimum absolute atomic E-state index is 0.353. The predicted octanol–water partition coefficient (Wildman–Crippen LogP) is 6.18. The van der Waals surface area contributed by atoms with Crippen molar-refractivity contribution < 1.29 is 19.0 Å². The van der Waals surface area contributed by atoms with Gasteiger partial charge in [-0.05, 0) is 64.6 Å². The zero-order valence-electron chi connectivity index (χ0n) is 18.3. The van der Waals surface area contributed by atoms with Gasteiger partial charge < -0.3 is 9.84 Å². The minimum atomic E-state index is -1.00. The maximum absolute atomic E-state index is 15.1. The number of ether oxygens (including phenoxy) is 1. The molecule has 0 atom stereocenters. The highest BCUT2D eigenvalue weighted by Crippen LogP contribution is 2.37. The zero-order chi connectivity index (χ0) is 23.4. The van der Waals surface area contributed by atoms with Gasteiger partial charge >= 0.3 is 5.97 Å². The summed E-state index contributed by atoms with van der Waals surface area (Å²) < 4.78 is 20.3. The lowest BCUT2D eigenvalue weighted by Crippen LogP contribution is -1.98. The Balaban J connectivity index is 1.92. The van der Waals surface area contributed by atoms with Crippen LogP contribution in [0.3, 0.4) is 0 Å². The van der Waals surface area contributed by atoms with Gasteiger partial charge in [-0.2, -0.15) is 5.10 Å². The van der Waals surface area contributed by atoms with Crippen LogP contribution in [0.2, 0.25) is 0 Å². The van der Waals surface area contributed by atoms with Crippen molar-refractivity contribution >= 4 is 34.1 Å². The van der Waals surface area contributed by atoms with Crippen molar-refractivity contribution in [2.45, 2.75) is 13.3 Å². The molecule has 0 amide bonds. The van der Waals surface area contributed by atoms with Gasteiger partial charge in [0.25, 0.3) is 0 Å². The number of H-pyrrole nitrogens is 1. The maximum atomic E-state index is 15.1. The standard InChI is InChI=1S/C27H23FN2O3/c1-3-22(23-11-10-21(33-2)15-24(23)28)27(19-9-12-25-20(14-19)16-29-30-25)18-7-4-17(5-8-18)6-13-26(31)32/h4-16H,3H2,1-2H3,(H,29,30)(H,31,32)/b13-6+,27-22+. The molecular formula is C27H23FN2O3. The predicted molar refractivity (Wildman–Crippen MR) is 128 cm³/mol. The van der Waals surface area contributed by atoms with Gasteiger partial charge in [0.15, 0.2) is 0 Å². The van der Waals surface area contributed by atoms with Gasteiger partial charge in [-0.15, -0.1) is 0 Å². The first-order valence-corrected chi connectivity index (χ1v) is 10.5. The molecule has 0 unspecified atom stereocenters. The third-order valence-corrected chi connectivity index (χ3v) is 5.50. The highest BCUT2D eigenvalue weighted by atomic mass is 19.1. The molecule has 4 rings (SSSR count). The number of rotatable bonds is 7. The van der Waals surface area contributed by atoms with E-state index in [-0.39, 0.29) is 5.82 Å². The molecule has 0 spiro atoms. The van der Waals surface area contributed by atoms with Crippen molar-refractivity contribution in [3.05, 3.63) is 101 Å². The molecule has 33 heavy (non-hydrogen) atoms. The number of methoxy groups -OCH3 is 1. The second kappa shape index (κ2) is 9.53. The van der Waals surface area contributed by atoms with E-state index in [9.17, 15) is 4.79 Å². The van der Waals surface area contributed by atoms with Crippen LogP contribution in [0.1, 0.15) is 35.6 Å². The molecule has 0 radical (unpaired) electrons. The molecule has 1 heterocycles. The van der Waals surface area contributed by atoms with Gasteiger partial charge in [-0.1, -0.05) is 37.3 Å². The lowest BCUT2D eigenvalue weighted by molar-refractivity contribution is -0.131. The van der Waals surface area contributed by atoms with E-state index < -0.39 is 5.97 Å². The molecule has 0 saturated carbocycles. The number of hydrogen-bond acceptors (Lipinski definition) is 3. The molecule has 2 N–H and O–H groups in total. The SMILES string of the molecule is CC/C(=C(/c1ccc(/C=C/C(=O)O)cc1)c1ccc2[nH]ncc2c1)c1ccc(OC)cc1F. The summed E-state index contributed by atoms with van der Waals surface area (Å²) in [6.07, 6.45) is 5.00. The van der Waals surface area contributed by atoms with Gasteiger partial charge in [0.1, 0.15) is 11.6 Å². The number of nitrogens with one attached hydrogen (secondary N) is 1. The van der Waals surface area contributed by atoms with E-state index in [1.807, 2.05) is 49.4 Å². The van der Waals surface area contributed by atoms with Crippen LogP contribution in [0.25, 0.3) is 28.1 Å². The van der Waals surface area contributed by atoms with E-state index >= 15 is 4.39 Å². The highest BCUT2D eigenvalue weighted by Gasteiger charge is 2.17. The molecule has 0 bridgehead atoms. The van der Waals surface area contributed by atoms with E-state index in [1.54, 1.807) is 18.3 Å². The molecule has 0 fully saturated rings. The summed E-state index contributed by atoms with van der Waals surface area (Å²) in [7, 11) is 1.51. The lowest BCUT2D eigenvalue weighted by atomic mass is 9.87. The number of halogens is 1. The number of carbonyl (C=O) groups is 1. The Labute approximate surface area is 190 Å². The highest BCUT2D eigenvalue weighted by molar-refractivity contribution is 6.00. The average Bonchev–Trinajstić information content (AvgIpc) is 3.30. The monoisotopic (exact) mass is 442 g/mol. The smallest absolute Gasteiger partial charge is 0.328 e. The number of carboxylic acid groups (broad SMARTS) is 1. The summed E-state index contributed by atoms with van der Waals surface area (Å²) in [5.41, 5.74) is 5.78. The third-order valence-electron chi connectivity index (χ3n) is 5.50. The van der Waals surface area contributed by atoms with Crippen LogP contribution >= 0.6 is 0 Å². The van der Waals surface area contributed by atoms with Crippen molar-refractivity contribution in [2.24, 2.45) is 0 Å². The van der Waals surface area contributed by atoms with Crippen LogP contribution in [0.15, 0.2) is 72.9 Å². The second-order valence-electron chi connectivity index (χ2n) is 7.52. The molecular weight excluding hydrogens is 419 g/mol. The quantitative estimate of drug-likeness (QED) is 0.265. The van der Waals surface area contributed by atoms with Crippen molar-refractivity contribution in [3.8, 4) is 5.75 Å². The molecule has 3 aromatic carbocycles. The molecule has 4 aromatic rings. The zero-order valence-corrected chi connectivity index (χ0v) is 18.3. The first-order chi connectivity index (χ1) is 16.0. The number of aromatic amines is 1. The normalized spacial score (nSPS) is 12.2. The third kappa shape index (κ3) is 4.70. The molecule has 0 aliphatic carbocycles. The van der Waals surface area contributed by atoms with Crippen molar-refractivity contribution in [3.63, 3.8) is 0 Å². The Morgan fingerprint density at radius 2 is 1.85 bits per heavy atom. The Morgan fingerprint density at radius 3 is 2.52 bits per heavy atom. The van der Waals surface area contributed by atoms with Crippen LogP contribution < -0.4 is 4.74 Å². The first-order valence-electron chi connectivity index (χ1n) is 10.5. The maximum Gasteiger partial charge on any atom is 0.328 e. The number of allylic oxidation sites excluding steroid dienone is 1. The number of carboxylic acids is 1. The Bertz CT molecular complexity index is 1370. The molecule has 0 saturated heterocycles. The fourth-order valence-electron chi connectivity index (χ4n) is 3.91. The van der Waals surface area contributed by atoms with E-state index in [2.05, 4.69) is 10.2 Å². The van der Waals surface area contributed by atoms with E-state index in [0.717, 1.165) is 44.8 Å². The molecule has 6 heteroatoms. The van der Waals surface area contributed by atoms with Gasteiger partial charge in [0.05, 0.1) is 18.8 Å². The average molecular weight is 442 g/mol. The van der Waals surface area contributed by atoms with Crippen LogP contribution in [0.4, 0.5) is 4.39 Å². The van der Waals surface area contributed by atoms with E-state index in [1.165, 1.54) is 19.3 Å². The number of aliphatic carboxylic acids is 1. The van der Waals surface area contributed by atoms with E-state index in [4.69, 9.17) is 9.84 Å². The van der Waals surface area contributed by atoms with Crippen molar-refractivity contribution in [2.75, 3.05) is 7.11 Å². The fourth-order valence-corrected chi connectivity index (χ4v) is 3.91. The minimum Gasteiger partial charge on any atom is -0.497 e. The number of aromatic nitrogens is 2. The molecule has 166 valence electrons. The van der Waals surface area contributed by atoms with Crippen LogP contribution in [-0.2, 0) is 4.79 Å². The Morgan fingerprint density at radius 1 is 1.09 bits per heavy atom. The van der Waals surface area contributed by atoms with Gasteiger partial charge in [0.2, 0.25) is 0 Å². The summed E-state index contributed by atoms with van der Waals surface area (Å²) in [4.78, 5) is 10.8.